The SMILES string of the molecule is CCCCCCCCCCCCCCCCN1C=CN(CCCCCCCCCC)C1CCCCCCCCCCCCC. The van der Waals surface area contributed by atoms with E-state index in [0.717, 1.165) is 0 Å². The maximum absolute atomic E-state index is 2.72. The number of hydrogen-bond donors (Lipinski definition) is 0. The Kier molecular flexibility index (Phi) is 31.7. The molecule has 1 heterocycles. The van der Waals surface area contributed by atoms with Gasteiger partial charge < -0.3 is 9.80 Å². The Balaban J connectivity index is 2.20. The predicted octanol–water partition coefficient (Wildman–Crippen LogP) is 14.7. The first-order chi connectivity index (χ1) is 21.8. The van der Waals surface area contributed by atoms with Gasteiger partial charge in [-0.15, -0.1) is 0 Å². The molecule has 1 atom stereocenters. The molecule has 1 unspecified atom stereocenters. The molecule has 0 amide bonds. The van der Waals surface area contributed by atoms with E-state index in [-0.39, 0.29) is 0 Å². The molecule has 0 aromatic rings. The van der Waals surface area contributed by atoms with Gasteiger partial charge in [0.15, 0.2) is 0 Å². The van der Waals surface area contributed by atoms with Crippen molar-refractivity contribution in [2.45, 2.75) is 245 Å². The van der Waals surface area contributed by atoms with Crippen molar-refractivity contribution in [1.29, 1.82) is 0 Å². The van der Waals surface area contributed by atoms with E-state index in [1.54, 1.807) is 0 Å². The molecule has 1 aliphatic rings. The van der Waals surface area contributed by atoms with Gasteiger partial charge in [0.25, 0.3) is 0 Å². The fourth-order valence-electron chi connectivity index (χ4n) is 7.25. The molecule has 0 saturated carbocycles. The fraction of sp³-hybridized carbons (Fsp3) is 0.952. The van der Waals surface area contributed by atoms with E-state index < -0.39 is 0 Å². The summed E-state index contributed by atoms with van der Waals surface area (Å²) in [7, 11) is 0. The molecule has 2 nitrogen and oxygen atoms in total. The molecule has 0 saturated heterocycles. The molecule has 0 aromatic carbocycles. The van der Waals surface area contributed by atoms with Crippen LogP contribution in [0.1, 0.15) is 239 Å². The van der Waals surface area contributed by atoms with E-state index in [1.807, 2.05) is 0 Å². The maximum atomic E-state index is 2.72. The van der Waals surface area contributed by atoms with Gasteiger partial charge in [0.1, 0.15) is 6.17 Å². The topological polar surface area (TPSA) is 6.48 Å². The molecular formula is C42H84N2. The van der Waals surface area contributed by atoms with Crippen molar-refractivity contribution in [3.63, 3.8) is 0 Å². The Bertz CT molecular complexity index is 572. The molecule has 2 heteroatoms. The highest BCUT2D eigenvalue weighted by Crippen LogP contribution is 2.24. The van der Waals surface area contributed by atoms with Gasteiger partial charge in [0.2, 0.25) is 0 Å². The summed E-state index contributed by atoms with van der Waals surface area (Å²) in [6.45, 7) is 9.48. The van der Waals surface area contributed by atoms with Crippen molar-refractivity contribution in [2.75, 3.05) is 13.1 Å². The highest BCUT2D eigenvalue weighted by molar-refractivity contribution is 4.97. The number of rotatable bonds is 36. The molecule has 1 rings (SSSR count). The zero-order chi connectivity index (χ0) is 31.6. The van der Waals surface area contributed by atoms with Gasteiger partial charge in [0, 0.05) is 25.5 Å². The lowest BCUT2D eigenvalue weighted by Crippen LogP contribution is -2.39. The normalized spacial score (nSPS) is 14.8. The predicted molar refractivity (Wildman–Crippen MR) is 200 cm³/mol. The molecule has 0 bridgehead atoms. The number of unbranched alkanes of at least 4 members (excludes halogenated alkanes) is 30. The summed E-state index contributed by atoms with van der Waals surface area (Å²) in [6, 6.07) is 0. The van der Waals surface area contributed by atoms with Gasteiger partial charge in [0.05, 0.1) is 0 Å². The van der Waals surface area contributed by atoms with Crippen LogP contribution in [0.2, 0.25) is 0 Å². The van der Waals surface area contributed by atoms with Crippen molar-refractivity contribution < 1.29 is 0 Å². The molecule has 0 spiro atoms. The second-order valence-electron chi connectivity index (χ2n) is 14.6. The minimum atomic E-state index is 0.639. The third-order valence-electron chi connectivity index (χ3n) is 10.3. The quantitative estimate of drug-likeness (QED) is 0.0646. The van der Waals surface area contributed by atoms with E-state index in [2.05, 4.69) is 43.0 Å². The van der Waals surface area contributed by atoms with Gasteiger partial charge in [-0.3, -0.25) is 0 Å². The average molecular weight is 617 g/mol. The molecule has 0 fully saturated rings. The Labute approximate surface area is 280 Å². The summed E-state index contributed by atoms with van der Waals surface area (Å²) in [5.74, 6) is 0. The van der Waals surface area contributed by atoms with Crippen LogP contribution in [-0.2, 0) is 0 Å². The van der Waals surface area contributed by atoms with E-state index in [4.69, 9.17) is 0 Å². The largest absolute Gasteiger partial charge is 0.356 e. The molecule has 0 N–H and O–H groups in total. The Morgan fingerprint density at radius 3 is 0.795 bits per heavy atom. The van der Waals surface area contributed by atoms with Crippen LogP contribution in [0.15, 0.2) is 12.4 Å². The first-order valence-corrected chi connectivity index (χ1v) is 21.0. The second-order valence-corrected chi connectivity index (χ2v) is 14.6. The zero-order valence-electron chi connectivity index (χ0n) is 31.1. The van der Waals surface area contributed by atoms with Gasteiger partial charge in [-0.05, 0) is 25.7 Å². The summed E-state index contributed by atoms with van der Waals surface area (Å²) in [4.78, 5) is 5.44. The lowest BCUT2D eigenvalue weighted by molar-refractivity contribution is 0.135. The van der Waals surface area contributed by atoms with Gasteiger partial charge in [-0.1, -0.05) is 213 Å². The van der Waals surface area contributed by atoms with Gasteiger partial charge in [-0.2, -0.15) is 0 Å². The van der Waals surface area contributed by atoms with Crippen LogP contribution in [0, 0.1) is 0 Å². The van der Waals surface area contributed by atoms with Gasteiger partial charge in [-0.25, -0.2) is 0 Å². The van der Waals surface area contributed by atoms with Crippen molar-refractivity contribution in [3.8, 4) is 0 Å². The highest BCUT2D eigenvalue weighted by Gasteiger charge is 2.24. The number of hydrogen-bond acceptors (Lipinski definition) is 2. The third-order valence-corrected chi connectivity index (χ3v) is 10.3. The van der Waals surface area contributed by atoms with Crippen LogP contribution >= 0.6 is 0 Å². The van der Waals surface area contributed by atoms with Crippen LogP contribution in [0.25, 0.3) is 0 Å². The van der Waals surface area contributed by atoms with Crippen molar-refractivity contribution in [2.24, 2.45) is 0 Å². The maximum Gasteiger partial charge on any atom is 0.101 e. The standard InChI is InChI=1S/C42H84N2/c1-4-7-10-13-16-19-21-22-23-25-27-30-33-36-39-44-41-40-43(38-35-32-29-18-15-12-9-6-3)42(44)37-34-31-28-26-24-20-17-14-11-8-5-2/h40-42H,4-39H2,1-3H3. The van der Waals surface area contributed by atoms with E-state index in [9.17, 15) is 0 Å². The Hall–Kier alpha value is -0.660. The second kappa shape index (κ2) is 33.7. The first-order valence-electron chi connectivity index (χ1n) is 21.0. The fourth-order valence-corrected chi connectivity index (χ4v) is 7.25. The lowest BCUT2D eigenvalue weighted by Gasteiger charge is -2.33. The van der Waals surface area contributed by atoms with Gasteiger partial charge >= 0.3 is 0 Å². The summed E-state index contributed by atoms with van der Waals surface area (Å²) < 4.78 is 0. The van der Waals surface area contributed by atoms with Crippen LogP contribution in [0.4, 0.5) is 0 Å². The minimum absolute atomic E-state index is 0.639. The van der Waals surface area contributed by atoms with Crippen LogP contribution in [0.3, 0.4) is 0 Å². The molecule has 1 aliphatic heterocycles. The van der Waals surface area contributed by atoms with Crippen LogP contribution < -0.4 is 0 Å². The Morgan fingerprint density at radius 2 is 0.523 bits per heavy atom. The van der Waals surface area contributed by atoms with Crippen molar-refractivity contribution in [3.05, 3.63) is 12.4 Å². The number of nitrogens with zero attached hydrogens (tertiary/aromatic N) is 2. The molecule has 0 aromatic heterocycles. The summed E-state index contributed by atoms with van der Waals surface area (Å²) in [6.07, 6.45) is 54.4. The lowest BCUT2D eigenvalue weighted by atomic mass is 10.0. The highest BCUT2D eigenvalue weighted by atomic mass is 15.4. The summed E-state index contributed by atoms with van der Waals surface area (Å²) in [5.41, 5.74) is 0. The van der Waals surface area contributed by atoms with Crippen LogP contribution in [0.5, 0.6) is 0 Å². The average Bonchev–Trinajstić information content (AvgIpc) is 3.42. The molecule has 262 valence electrons. The van der Waals surface area contributed by atoms with E-state index in [1.165, 1.54) is 231 Å². The molecular weight excluding hydrogens is 532 g/mol. The minimum Gasteiger partial charge on any atom is -0.356 e. The van der Waals surface area contributed by atoms with E-state index >= 15 is 0 Å². The summed E-state index contributed by atoms with van der Waals surface area (Å²) in [5, 5.41) is 0. The van der Waals surface area contributed by atoms with E-state index in [0.29, 0.717) is 6.17 Å². The smallest absolute Gasteiger partial charge is 0.101 e. The third kappa shape index (κ3) is 25.5. The van der Waals surface area contributed by atoms with Crippen molar-refractivity contribution in [1.82, 2.24) is 9.80 Å². The molecule has 0 radical (unpaired) electrons. The molecule has 44 heavy (non-hydrogen) atoms. The first kappa shape index (κ1) is 41.4. The summed E-state index contributed by atoms with van der Waals surface area (Å²) >= 11 is 0. The van der Waals surface area contributed by atoms with Crippen LogP contribution in [-0.4, -0.2) is 29.1 Å². The molecule has 0 aliphatic carbocycles. The monoisotopic (exact) mass is 617 g/mol. The Morgan fingerprint density at radius 1 is 0.295 bits per heavy atom. The zero-order valence-corrected chi connectivity index (χ0v) is 31.1. The van der Waals surface area contributed by atoms with Crippen molar-refractivity contribution >= 4 is 0 Å².